The summed E-state index contributed by atoms with van der Waals surface area (Å²) in [5, 5.41) is 3.36. The minimum absolute atomic E-state index is 0.713. The molecule has 1 aliphatic heterocycles. The number of aromatic nitrogens is 2. The summed E-state index contributed by atoms with van der Waals surface area (Å²) < 4.78 is 2.20. The Hall–Kier alpha value is -2.30. The predicted octanol–water partition coefficient (Wildman–Crippen LogP) is 1.52. The van der Waals surface area contributed by atoms with E-state index >= 15 is 0 Å². The molecule has 0 amide bonds. The summed E-state index contributed by atoms with van der Waals surface area (Å²) in [6.07, 6.45) is 4.92. The summed E-state index contributed by atoms with van der Waals surface area (Å²) in [7, 11) is 2.06. The summed E-state index contributed by atoms with van der Waals surface area (Å²) in [5.41, 5.74) is 1.35. The van der Waals surface area contributed by atoms with Crippen molar-refractivity contribution in [1.29, 1.82) is 0 Å². The molecule has 5 nitrogen and oxygen atoms in total. The van der Waals surface area contributed by atoms with Gasteiger partial charge in [-0.05, 0) is 12.0 Å². The zero-order chi connectivity index (χ0) is 14.5. The fourth-order valence-electron chi connectivity index (χ4n) is 2.49. The summed E-state index contributed by atoms with van der Waals surface area (Å²) >= 11 is 0. The molecular formula is C16H21N5. The van der Waals surface area contributed by atoms with E-state index in [-0.39, 0.29) is 0 Å². The Morgan fingerprint density at radius 1 is 1.24 bits per heavy atom. The number of hydrogen-bond donors (Lipinski definition) is 1. The first-order chi connectivity index (χ1) is 10.3. The van der Waals surface area contributed by atoms with Gasteiger partial charge in [-0.1, -0.05) is 30.3 Å². The summed E-state index contributed by atoms with van der Waals surface area (Å²) in [5.74, 6) is 2.02. The highest BCUT2D eigenvalue weighted by Gasteiger charge is 2.12. The van der Waals surface area contributed by atoms with Crippen LogP contribution in [0.15, 0.2) is 47.7 Å². The number of rotatable bonds is 5. The molecular weight excluding hydrogens is 262 g/mol. The van der Waals surface area contributed by atoms with Crippen LogP contribution in [-0.4, -0.2) is 40.5 Å². The summed E-state index contributed by atoms with van der Waals surface area (Å²) in [6.45, 7) is 3.53. The van der Waals surface area contributed by atoms with E-state index in [1.54, 1.807) is 0 Å². The Morgan fingerprint density at radius 3 is 2.86 bits per heavy atom. The quantitative estimate of drug-likeness (QED) is 0.905. The van der Waals surface area contributed by atoms with Gasteiger partial charge >= 0.3 is 0 Å². The Bertz CT molecular complexity index is 602. The number of likely N-dealkylation sites (N-methyl/N-ethyl adjacent to an activating group) is 1. The van der Waals surface area contributed by atoms with Crippen LogP contribution in [0.5, 0.6) is 0 Å². The fraction of sp³-hybridized carbons (Fsp3) is 0.375. The van der Waals surface area contributed by atoms with Gasteiger partial charge in [0, 0.05) is 32.5 Å². The molecule has 5 heteroatoms. The number of benzene rings is 1. The number of hydrogen-bond acceptors (Lipinski definition) is 4. The van der Waals surface area contributed by atoms with E-state index in [9.17, 15) is 0 Å². The van der Waals surface area contributed by atoms with Gasteiger partial charge in [-0.2, -0.15) is 0 Å². The van der Waals surface area contributed by atoms with Gasteiger partial charge in [0.1, 0.15) is 5.82 Å². The highest BCUT2D eigenvalue weighted by Crippen LogP contribution is 2.05. The molecule has 0 saturated carbocycles. The number of guanidine groups is 1. The zero-order valence-electron chi connectivity index (χ0n) is 12.4. The summed E-state index contributed by atoms with van der Waals surface area (Å²) in [4.78, 5) is 11.0. The van der Waals surface area contributed by atoms with Gasteiger partial charge in [-0.3, -0.25) is 4.99 Å². The molecule has 0 saturated heterocycles. The van der Waals surface area contributed by atoms with Crippen molar-refractivity contribution < 1.29 is 0 Å². The topological polar surface area (TPSA) is 45.4 Å². The molecule has 1 aromatic heterocycles. The first-order valence-electron chi connectivity index (χ1n) is 7.36. The molecule has 0 bridgehead atoms. The molecule has 1 N–H and O–H groups in total. The second-order valence-electron chi connectivity index (χ2n) is 5.25. The standard InChI is InChI=1S/C16H21N5/c1-20-11-8-18-16(20)19-13-15-17-9-12-21(15)10-7-14-5-3-2-4-6-14/h2-6,9,12H,7-8,10-11,13H2,1H3,(H,18,19). The molecule has 110 valence electrons. The van der Waals surface area contributed by atoms with E-state index in [2.05, 4.69) is 62.1 Å². The van der Waals surface area contributed by atoms with Gasteiger partial charge in [0.05, 0.1) is 13.1 Å². The number of aliphatic imine (C=N–C) groups is 1. The third-order valence-corrected chi connectivity index (χ3v) is 3.75. The molecule has 2 heterocycles. The van der Waals surface area contributed by atoms with Crippen LogP contribution in [0.25, 0.3) is 0 Å². The number of nitrogens with zero attached hydrogens (tertiary/aromatic N) is 4. The average molecular weight is 283 g/mol. The molecule has 21 heavy (non-hydrogen) atoms. The minimum atomic E-state index is 0.713. The highest BCUT2D eigenvalue weighted by atomic mass is 15.3. The van der Waals surface area contributed by atoms with Crippen LogP contribution >= 0.6 is 0 Å². The third-order valence-electron chi connectivity index (χ3n) is 3.75. The lowest BCUT2D eigenvalue weighted by molar-refractivity contribution is 0.528. The van der Waals surface area contributed by atoms with Crippen molar-refractivity contribution in [3.63, 3.8) is 0 Å². The number of nitrogens with one attached hydrogen (secondary N) is 1. The van der Waals surface area contributed by atoms with Gasteiger partial charge in [0.25, 0.3) is 0 Å². The van der Waals surface area contributed by atoms with Crippen LogP contribution in [0.1, 0.15) is 11.4 Å². The zero-order valence-corrected chi connectivity index (χ0v) is 12.4. The molecule has 1 aliphatic rings. The average Bonchev–Trinajstić information content (AvgIpc) is 3.13. The van der Waals surface area contributed by atoms with Crippen LogP contribution in [0, 0.1) is 0 Å². The van der Waals surface area contributed by atoms with Crippen molar-refractivity contribution in [2.24, 2.45) is 4.99 Å². The molecule has 0 atom stereocenters. The van der Waals surface area contributed by atoms with Crippen LogP contribution in [0.4, 0.5) is 0 Å². The lowest BCUT2D eigenvalue weighted by atomic mass is 10.1. The molecule has 0 aliphatic carbocycles. The van der Waals surface area contributed by atoms with Crippen molar-refractivity contribution in [2.75, 3.05) is 20.1 Å². The smallest absolute Gasteiger partial charge is 0.194 e. The van der Waals surface area contributed by atoms with E-state index < -0.39 is 0 Å². The van der Waals surface area contributed by atoms with E-state index in [0.29, 0.717) is 6.54 Å². The fourth-order valence-corrected chi connectivity index (χ4v) is 2.49. The van der Waals surface area contributed by atoms with Crippen LogP contribution < -0.4 is 5.32 Å². The maximum Gasteiger partial charge on any atom is 0.194 e. The van der Waals surface area contributed by atoms with Gasteiger partial charge in [0.2, 0.25) is 0 Å². The van der Waals surface area contributed by atoms with Crippen molar-refractivity contribution in [1.82, 2.24) is 19.8 Å². The van der Waals surface area contributed by atoms with Gasteiger partial charge in [-0.25, -0.2) is 4.98 Å². The molecule has 0 fully saturated rings. The van der Waals surface area contributed by atoms with E-state index in [4.69, 9.17) is 0 Å². The Morgan fingerprint density at radius 2 is 2.10 bits per heavy atom. The third kappa shape index (κ3) is 3.42. The SMILES string of the molecule is CN1CCN=C1NCc1nccn1CCc1ccccc1. The van der Waals surface area contributed by atoms with Gasteiger partial charge in [-0.15, -0.1) is 0 Å². The highest BCUT2D eigenvalue weighted by molar-refractivity contribution is 5.81. The number of aryl methyl sites for hydroxylation is 2. The Kier molecular flexibility index (Phi) is 4.19. The predicted molar refractivity (Wildman–Crippen MR) is 84.1 cm³/mol. The first kappa shape index (κ1) is 13.7. The molecule has 0 unspecified atom stereocenters. The number of imidazole rings is 1. The molecule has 2 aromatic rings. The Balaban J connectivity index is 1.56. The molecule has 0 radical (unpaired) electrons. The normalized spacial score (nSPS) is 14.3. The molecule has 0 spiro atoms. The second kappa shape index (κ2) is 6.43. The molecule has 3 rings (SSSR count). The molecule has 1 aromatic carbocycles. The largest absolute Gasteiger partial charge is 0.349 e. The maximum atomic E-state index is 4.44. The van der Waals surface area contributed by atoms with Gasteiger partial charge < -0.3 is 14.8 Å². The second-order valence-corrected chi connectivity index (χ2v) is 5.25. The van der Waals surface area contributed by atoms with Crippen molar-refractivity contribution in [3.05, 3.63) is 54.1 Å². The van der Waals surface area contributed by atoms with Crippen LogP contribution in [0.2, 0.25) is 0 Å². The lowest BCUT2D eigenvalue weighted by Gasteiger charge is -2.15. The summed E-state index contributed by atoms with van der Waals surface area (Å²) in [6, 6.07) is 10.5. The van der Waals surface area contributed by atoms with Crippen molar-refractivity contribution >= 4 is 5.96 Å². The van der Waals surface area contributed by atoms with Crippen molar-refractivity contribution in [3.8, 4) is 0 Å². The first-order valence-corrected chi connectivity index (χ1v) is 7.36. The van der Waals surface area contributed by atoms with Crippen LogP contribution in [0.3, 0.4) is 0 Å². The lowest BCUT2D eigenvalue weighted by Crippen LogP contribution is -2.35. The maximum absolute atomic E-state index is 4.44. The van der Waals surface area contributed by atoms with Gasteiger partial charge in [0.15, 0.2) is 5.96 Å². The Labute approximate surface area is 125 Å². The van der Waals surface area contributed by atoms with E-state index in [1.165, 1.54) is 5.56 Å². The van der Waals surface area contributed by atoms with Crippen LogP contribution in [-0.2, 0) is 19.5 Å². The minimum Gasteiger partial charge on any atom is -0.349 e. The van der Waals surface area contributed by atoms with E-state index in [0.717, 1.165) is 37.8 Å². The van der Waals surface area contributed by atoms with E-state index in [1.807, 2.05) is 12.4 Å². The van der Waals surface area contributed by atoms with Crippen molar-refractivity contribution in [2.45, 2.75) is 19.5 Å². The monoisotopic (exact) mass is 283 g/mol.